The Kier molecular flexibility index (Phi) is 6.20. The fourth-order valence-electron chi connectivity index (χ4n) is 2.49. The minimum Gasteiger partial charge on any atom is -0.494 e. The van der Waals surface area contributed by atoms with Gasteiger partial charge in [-0.3, -0.25) is 4.79 Å². The van der Waals surface area contributed by atoms with Gasteiger partial charge in [-0.25, -0.2) is 4.79 Å². The van der Waals surface area contributed by atoms with Crippen molar-refractivity contribution in [2.75, 3.05) is 26.9 Å². The molecule has 1 saturated heterocycles. The van der Waals surface area contributed by atoms with Crippen LogP contribution in [0, 0.1) is 5.92 Å². The zero-order valence-corrected chi connectivity index (χ0v) is 13.8. The fourth-order valence-corrected chi connectivity index (χ4v) is 2.49. The van der Waals surface area contributed by atoms with Gasteiger partial charge >= 0.3 is 12.0 Å². The van der Waals surface area contributed by atoms with E-state index in [2.05, 4.69) is 17.2 Å². The first-order valence-electron chi connectivity index (χ1n) is 7.71. The van der Waals surface area contributed by atoms with Crippen LogP contribution in [0.5, 0.6) is 5.75 Å². The zero-order chi connectivity index (χ0) is 17.5. The predicted molar refractivity (Wildman–Crippen MR) is 87.5 cm³/mol. The Bertz CT molecular complexity index is 600. The fraction of sp³-hybridized carbons (Fsp3) is 0.412. The number of hydrogen-bond acceptors (Lipinski definition) is 5. The van der Waals surface area contributed by atoms with E-state index in [1.807, 2.05) is 19.1 Å². The van der Waals surface area contributed by atoms with Crippen LogP contribution in [0.2, 0.25) is 0 Å². The summed E-state index contributed by atoms with van der Waals surface area (Å²) in [6.45, 7) is 6.70. The van der Waals surface area contributed by atoms with E-state index >= 15 is 0 Å². The smallest absolute Gasteiger partial charge is 0.319 e. The van der Waals surface area contributed by atoms with Crippen LogP contribution < -0.4 is 15.4 Å². The van der Waals surface area contributed by atoms with E-state index < -0.39 is 24.0 Å². The Morgan fingerprint density at radius 2 is 1.96 bits per heavy atom. The molecule has 1 heterocycles. The van der Waals surface area contributed by atoms with Gasteiger partial charge in [0.05, 0.1) is 19.3 Å². The Morgan fingerprint density at radius 1 is 1.25 bits per heavy atom. The third-order valence-electron chi connectivity index (χ3n) is 3.61. The summed E-state index contributed by atoms with van der Waals surface area (Å²) in [6, 6.07) is 6.25. The van der Waals surface area contributed by atoms with Crippen molar-refractivity contribution in [2.45, 2.75) is 13.0 Å². The normalized spacial score (nSPS) is 20.1. The Hall–Kier alpha value is -2.54. The van der Waals surface area contributed by atoms with Gasteiger partial charge in [-0.1, -0.05) is 18.7 Å². The second-order valence-corrected chi connectivity index (χ2v) is 5.24. The van der Waals surface area contributed by atoms with Crippen molar-refractivity contribution in [3.8, 4) is 5.75 Å². The van der Waals surface area contributed by atoms with E-state index in [4.69, 9.17) is 14.2 Å². The second-order valence-electron chi connectivity index (χ2n) is 5.24. The number of carbonyl (C=O) groups excluding carboxylic acids is 2. The highest BCUT2D eigenvalue weighted by Crippen LogP contribution is 2.31. The molecule has 0 aliphatic carbocycles. The third kappa shape index (κ3) is 4.26. The zero-order valence-electron chi connectivity index (χ0n) is 13.8. The van der Waals surface area contributed by atoms with Crippen molar-refractivity contribution < 1.29 is 23.8 Å². The molecular weight excluding hydrogens is 312 g/mol. The SMILES string of the molecule is C=C1NC(=O)N[C@@H](c2ccc(OCC)cc2)[C@@H]1C(=O)OCCOC. The maximum absolute atomic E-state index is 12.4. The molecule has 130 valence electrons. The van der Waals surface area contributed by atoms with Gasteiger partial charge in [-0.15, -0.1) is 0 Å². The third-order valence-corrected chi connectivity index (χ3v) is 3.61. The number of hydrogen-bond donors (Lipinski definition) is 2. The quantitative estimate of drug-likeness (QED) is 0.586. The van der Waals surface area contributed by atoms with Gasteiger partial charge in [0.15, 0.2) is 0 Å². The summed E-state index contributed by atoms with van der Waals surface area (Å²) in [5.74, 6) is -0.472. The average molecular weight is 334 g/mol. The number of amides is 2. The lowest BCUT2D eigenvalue weighted by molar-refractivity contribution is -0.149. The molecule has 1 aromatic rings. The Labute approximate surface area is 141 Å². The number of esters is 1. The van der Waals surface area contributed by atoms with Crippen LogP contribution in [-0.4, -0.2) is 38.9 Å². The van der Waals surface area contributed by atoms with E-state index in [9.17, 15) is 9.59 Å². The van der Waals surface area contributed by atoms with Crippen LogP contribution in [0.15, 0.2) is 36.5 Å². The molecule has 2 amide bonds. The first-order chi connectivity index (χ1) is 11.6. The van der Waals surface area contributed by atoms with Crippen LogP contribution in [0.25, 0.3) is 0 Å². The molecule has 2 N–H and O–H groups in total. The van der Waals surface area contributed by atoms with Gasteiger partial charge in [-0.2, -0.15) is 0 Å². The van der Waals surface area contributed by atoms with Gasteiger partial charge in [0, 0.05) is 12.8 Å². The van der Waals surface area contributed by atoms with Gasteiger partial charge in [0.1, 0.15) is 18.3 Å². The van der Waals surface area contributed by atoms with Crippen LogP contribution in [0.1, 0.15) is 18.5 Å². The Morgan fingerprint density at radius 3 is 2.58 bits per heavy atom. The number of ether oxygens (including phenoxy) is 3. The van der Waals surface area contributed by atoms with Crippen LogP contribution in [-0.2, 0) is 14.3 Å². The largest absolute Gasteiger partial charge is 0.494 e. The average Bonchev–Trinajstić information content (AvgIpc) is 2.55. The van der Waals surface area contributed by atoms with Crippen LogP contribution >= 0.6 is 0 Å². The molecular formula is C17H22N2O5. The first-order valence-corrected chi connectivity index (χ1v) is 7.71. The molecule has 0 saturated carbocycles. The van der Waals surface area contributed by atoms with Gasteiger partial charge in [0.2, 0.25) is 0 Å². The van der Waals surface area contributed by atoms with Crippen molar-refractivity contribution in [3.05, 3.63) is 42.1 Å². The summed E-state index contributed by atoms with van der Waals surface area (Å²) >= 11 is 0. The highest BCUT2D eigenvalue weighted by Gasteiger charge is 2.38. The molecule has 0 aromatic heterocycles. The molecule has 7 heteroatoms. The van der Waals surface area contributed by atoms with Crippen LogP contribution in [0.3, 0.4) is 0 Å². The predicted octanol–water partition coefficient (Wildman–Crippen LogP) is 1.76. The van der Waals surface area contributed by atoms with E-state index in [0.29, 0.717) is 18.9 Å². The van der Waals surface area contributed by atoms with Crippen molar-refractivity contribution >= 4 is 12.0 Å². The lowest BCUT2D eigenvalue weighted by Gasteiger charge is -2.33. The number of nitrogens with one attached hydrogen (secondary N) is 2. The lowest BCUT2D eigenvalue weighted by Crippen LogP contribution is -2.51. The maximum atomic E-state index is 12.4. The molecule has 0 radical (unpaired) electrons. The summed E-state index contributed by atoms with van der Waals surface area (Å²) in [5.41, 5.74) is 1.07. The topological polar surface area (TPSA) is 85.9 Å². The van der Waals surface area contributed by atoms with E-state index in [1.54, 1.807) is 12.1 Å². The van der Waals surface area contributed by atoms with E-state index in [0.717, 1.165) is 11.3 Å². The lowest BCUT2D eigenvalue weighted by atomic mass is 9.89. The molecule has 24 heavy (non-hydrogen) atoms. The monoisotopic (exact) mass is 334 g/mol. The summed E-state index contributed by atoms with van der Waals surface area (Å²) < 4.78 is 15.5. The molecule has 7 nitrogen and oxygen atoms in total. The molecule has 1 fully saturated rings. The summed E-state index contributed by atoms with van der Waals surface area (Å²) in [4.78, 5) is 24.2. The number of rotatable bonds is 7. The van der Waals surface area contributed by atoms with Crippen LogP contribution in [0.4, 0.5) is 4.79 Å². The molecule has 0 spiro atoms. The van der Waals surface area contributed by atoms with Gasteiger partial charge in [-0.05, 0) is 24.6 Å². The molecule has 0 bridgehead atoms. The van der Waals surface area contributed by atoms with E-state index in [-0.39, 0.29) is 6.61 Å². The number of methoxy groups -OCH3 is 1. The second kappa shape index (κ2) is 8.35. The minimum absolute atomic E-state index is 0.142. The molecule has 2 atom stereocenters. The molecule has 0 unspecified atom stereocenters. The van der Waals surface area contributed by atoms with E-state index in [1.165, 1.54) is 7.11 Å². The van der Waals surface area contributed by atoms with Gasteiger partial charge in [0.25, 0.3) is 0 Å². The molecule has 2 rings (SSSR count). The molecule has 1 aliphatic heterocycles. The summed E-state index contributed by atoms with van der Waals surface area (Å²) in [6.07, 6.45) is 0. The first kappa shape index (κ1) is 17.8. The highest BCUT2D eigenvalue weighted by atomic mass is 16.6. The van der Waals surface area contributed by atoms with Crippen molar-refractivity contribution in [1.82, 2.24) is 10.6 Å². The molecule has 1 aromatic carbocycles. The number of carbonyl (C=O) groups is 2. The highest BCUT2D eigenvalue weighted by molar-refractivity contribution is 5.85. The Balaban J connectivity index is 2.19. The van der Waals surface area contributed by atoms with Crippen molar-refractivity contribution in [1.29, 1.82) is 0 Å². The maximum Gasteiger partial charge on any atom is 0.319 e. The number of urea groups is 1. The molecule has 1 aliphatic rings. The van der Waals surface area contributed by atoms with Crippen molar-refractivity contribution in [2.24, 2.45) is 5.92 Å². The summed E-state index contributed by atoms with van der Waals surface area (Å²) in [5, 5.41) is 5.28. The standard InChI is InChI=1S/C17H22N2O5/c1-4-23-13-7-5-12(6-8-13)15-14(11(2)18-17(21)19-15)16(20)24-10-9-22-3/h5-8,14-15H,2,4,9-10H2,1,3H3,(H2,18,19,21)/t14-,15+/m1/s1. The minimum atomic E-state index is -0.725. The van der Waals surface area contributed by atoms with Crippen molar-refractivity contribution in [3.63, 3.8) is 0 Å². The summed E-state index contributed by atoms with van der Waals surface area (Å²) in [7, 11) is 1.53. The number of benzene rings is 1. The van der Waals surface area contributed by atoms with Gasteiger partial charge < -0.3 is 24.8 Å².